The summed E-state index contributed by atoms with van der Waals surface area (Å²) in [5.41, 5.74) is 1.80. The Morgan fingerprint density at radius 2 is 2.00 bits per heavy atom. The van der Waals surface area contributed by atoms with E-state index in [0.29, 0.717) is 13.1 Å². The number of carbonyl (C=O) groups is 1. The van der Waals surface area contributed by atoms with Crippen molar-refractivity contribution in [3.05, 3.63) is 82.0 Å². The van der Waals surface area contributed by atoms with Gasteiger partial charge in [-0.3, -0.25) is 9.59 Å². The number of para-hydroxylation sites is 2. The van der Waals surface area contributed by atoms with Crippen molar-refractivity contribution in [1.82, 2.24) is 14.9 Å². The molecule has 2 aromatic heterocycles. The number of fused-ring (bicyclic) bond motifs is 2. The molecule has 6 heteroatoms. The van der Waals surface area contributed by atoms with E-state index in [0.717, 1.165) is 16.6 Å². The largest absolute Gasteiger partial charge is 0.358 e. The maximum atomic E-state index is 13.8. The summed E-state index contributed by atoms with van der Waals surface area (Å²) in [6.45, 7) is 2.98. The minimum atomic E-state index is -0.522. The first kappa shape index (κ1) is 17.0. The number of aromatic amines is 1. The van der Waals surface area contributed by atoms with E-state index >= 15 is 0 Å². The number of amides is 1. The lowest BCUT2D eigenvalue weighted by Crippen LogP contribution is -2.31. The third kappa shape index (κ3) is 2.99. The van der Waals surface area contributed by atoms with Crippen LogP contribution in [0.2, 0.25) is 0 Å². The Balaban J connectivity index is 1.53. The summed E-state index contributed by atoms with van der Waals surface area (Å²) in [6.07, 6.45) is 1.26. The number of nitrogens with zero attached hydrogens (tertiary/aromatic N) is 1. The van der Waals surface area contributed by atoms with Crippen LogP contribution in [0.5, 0.6) is 0 Å². The van der Waals surface area contributed by atoms with Crippen LogP contribution in [0.4, 0.5) is 4.39 Å². The number of H-pyrrole nitrogens is 1. The van der Waals surface area contributed by atoms with Crippen molar-refractivity contribution in [2.24, 2.45) is 0 Å². The van der Waals surface area contributed by atoms with E-state index < -0.39 is 17.2 Å². The molecule has 0 aliphatic carbocycles. The van der Waals surface area contributed by atoms with E-state index in [1.54, 1.807) is 0 Å². The zero-order valence-electron chi connectivity index (χ0n) is 14.8. The molecule has 0 radical (unpaired) electrons. The molecule has 0 aliphatic heterocycles. The van der Waals surface area contributed by atoms with Gasteiger partial charge in [0.1, 0.15) is 11.4 Å². The first-order valence-corrected chi connectivity index (χ1v) is 8.69. The van der Waals surface area contributed by atoms with Crippen LogP contribution in [0.25, 0.3) is 21.8 Å². The lowest BCUT2D eigenvalue weighted by Gasteiger charge is -2.10. The highest BCUT2D eigenvalue weighted by Crippen LogP contribution is 2.18. The summed E-state index contributed by atoms with van der Waals surface area (Å²) in [4.78, 5) is 27.6. The molecule has 0 spiro atoms. The molecule has 136 valence electrons. The summed E-state index contributed by atoms with van der Waals surface area (Å²) in [5.74, 6) is -0.997. The zero-order chi connectivity index (χ0) is 19.0. The summed E-state index contributed by atoms with van der Waals surface area (Å²) in [5, 5.41) is 4.09. The van der Waals surface area contributed by atoms with E-state index in [1.165, 1.54) is 24.4 Å². The SMILES string of the molecule is Cc1cc2ccccc2n1CCNC(=O)c1c[nH]c2c(F)cccc2c1=O. The van der Waals surface area contributed by atoms with Crippen LogP contribution in [0.3, 0.4) is 0 Å². The topological polar surface area (TPSA) is 66.9 Å². The normalized spacial score (nSPS) is 11.2. The van der Waals surface area contributed by atoms with Gasteiger partial charge in [-0.05, 0) is 36.6 Å². The minimum Gasteiger partial charge on any atom is -0.358 e. The van der Waals surface area contributed by atoms with Gasteiger partial charge in [0.15, 0.2) is 0 Å². The standard InChI is InChI=1S/C21H18FN3O2/c1-13-11-14-5-2-3-8-18(14)25(13)10-9-23-21(27)16-12-24-19-15(20(16)26)6-4-7-17(19)22/h2-8,11-12H,9-10H2,1H3,(H,23,27)(H,24,26). The molecule has 2 aromatic carbocycles. The molecule has 2 heterocycles. The summed E-state index contributed by atoms with van der Waals surface area (Å²) in [6, 6.07) is 14.4. The fraction of sp³-hybridized carbons (Fsp3) is 0.143. The predicted octanol–water partition coefficient (Wildman–Crippen LogP) is 3.36. The average molecular weight is 363 g/mol. The third-order valence-electron chi connectivity index (χ3n) is 4.75. The quantitative estimate of drug-likeness (QED) is 0.584. The number of hydrogen-bond acceptors (Lipinski definition) is 2. The number of pyridine rings is 1. The van der Waals surface area contributed by atoms with Crippen LogP contribution in [0, 0.1) is 12.7 Å². The number of benzene rings is 2. The van der Waals surface area contributed by atoms with Crippen molar-refractivity contribution in [3.63, 3.8) is 0 Å². The molecule has 27 heavy (non-hydrogen) atoms. The molecule has 1 amide bonds. The van der Waals surface area contributed by atoms with Gasteiger partial charge in [0.05, 0.1) is 5.52 Å². The summed E-state index contributed by atoms with van der Waals surface area (Å²) in [7, 11) is 0. The molecule has 4 rings (SSSR count). The molecule has 0 saturated carbocycles. The molecule has 5 nitrogen and oxygen atoms in total. The highest BCUT2D eigenvalue weighted by Gasteiger charge is 2.14. The van der Waals surface area contributed by atoms with Crippen LogP contribution in [0.1, 0.15) is 16.1 Å². The van der Waals surface area contributed by atoms with E-state index in [4.69, 9.17) is 0 Å². The molecular weight excluding hydrogens is 345 g/mol. The number of carbonyl (C=O) groups excluding carboxylic acids is 1. The van der Waals surface area contributed by atoms with Crippen molar-refractivity contribution in [3.8, 4) is 0 Å². The van der Waals surface area contributed by atoms with Crippen molar-refractivity contribution in [1.29, 1.82) is 0 Å². The van der Waals surface area contributed by atoms with Gasteiger partial charge in [-0.15, -0.1) is 0 Å². The second-order valence-electron chi connectivity index (χ2n) is 6.45. The smallest absolute Gasteiger partial charge is 0.256 e. The third-order valence-corrected chi connectivity index (χ3v) is 4.75. The molecule has 0 bridgehead atoms. The molecule has 0 fully saturated rings. The number of halogens is 1. The first-order chi connectivity index (χ1) is 13.1. The van der Waals surface area contributed by atoms with Crippen molar-refractivity contribution >= 4 is 27.7 Å². The lowest BCUT2D eigenvalue weighted by atomic mass is 10.1. The number of aryl methyl sites for hydroxylation is 1. The summed E-state index contributed by atoms with van der Waals surface area (Å²) < 4.78 is 15.9. The van der Waals surface area contributed by atoms with Crippen molar-refractivity contribution in [2.45, 2.75) is 13.5 Å². The molecule has 0 atom stereocenters. The minimum absolute atomic E-state index is 0.0258. The monoisotopic (exact) mass is 363 g/mol. The van der Waals surface area contributed by atoms with Gasteiger partial charge in [-0.1, -0.05) is 24.3 Å². The van der Waals surface area contributed by atoms with Gasteiger partial charge in [0.25, 0.3) is 5.91 Å². The van der Waals surface area contributed by atoms with Gasteiger partial charge in [0.2, 0.25) is 5.43 Å². The number of rotatable bonds is 4. The Kier molecular flexibility index (Phi) is 4.24. The van der Waals surface area contributed by atoms with E-state index in [-0.39, 0.29) is 16.5 Å². The van der Waals surface area contributed by atoms with E-state index in [2.05, 4.69) is 20.9 Å². The van der Waals surface area contributed by atoms with Crippen LogP contribution in [0.15, 0.2) is 59.5 Å². The summed E-state index contributed by atoms with van der Waals surface area (Å²) >= 11 is 0. The Bertz CT molecular complexity index is 1220. The maximum absolute atomic E-state index is 13.8. The zero-order valence-corrected chi connectivity index (χ0v) is 14.8. The Morgan fingerprint density at radius 1 is 1.19 bits per heavy atom. The molecular formula is C21H18FN3O2. The van der Waals surface area contributed by atoms with E-state index in [9.17, 15) is 14.0 Å². The highest BCUT2D eigenvalue weighted by atomic mass is 19.1. The second kappa shape index (κ2) is 6.72. The van der Waals surface area contributed by atoms with Gasteiger partial charge < -0.3 is 14.9 Å². The molecule has 0 aliphatic rings. The van der Waals surface area contributed by atoms with Gasteiger partial charge in [-0.2, -0.15) is 0 Å². The molecule has 0 saturated heterocycles. The second-order valence-corrected chi connectivity index (χ2v) is 6.45. The van der Waals surface area contributed by atoms with Crippen LogP contribution in [-0.4, -0.2) is 22.0 Å². The molecule has 0 unspecified atom stereocenters. The highest BCUT2D eigenvalue weighted by molar-refractivity contribution is 5.97. The Hall–Kier alpha value is -3.41. The first-order valence-electron chi connectivity index (χ1n) is 8.69. The van der Waals surface area contributed by atoms with Crippen molar-refractivity contribution in [2.75, 3.05) is 6.54 Å². The number of aromatic nitrogens is 2. The number of hydrogen-bond donors (Lipinski definition) is 2. The van der Waals surface area contributed by atoms with Crippen LogP contribution in [-0.2, 0) is 6.54 Å². The van der Waals surface area contributed by atoms with Gasteiger partial charge in [0, 0.05) is 35.9 Å². The molecule has 2 N–H and O–H groups in total. The fourth-order valence-corrected chi connectivity index (χ4v) is 3.41. The maximum Gasteiger partial charge on any atom is 0.256 e. The number of nitrogens with one attached hydrogen (secondary N) is 2. The fourth-order valence-electron chi connectivity index (χ4n) is 3.41. The average Bonchev–Trinajstić information content (AvgIpc) is 2.98. The van der Waals surface area contributed by atoms with Crippen molar-refractivity contribution < 1.29 is 9.18 Å². The van der Waals surface area contributed by atoms with Gasteiger partial charge in [-0.25, -0.2) is 4.39 Å². The lowest BCUT2D eigenvalue weighted by molar-refractivity contribution is 0.0951. The van der Waals surface area contributed by atoms with E-state index in [1.807, 2.05) is 31.2 Å². The predicted molar refractivity (Wildman–Crippen MR) is 104 cm³/mol. The molecule has 4 aromatic rings. The Labute approximate surface area is 154 Å². The van der Waals surface area contributed by atoms with Crippen LogP contribution >= 0.6 is 0 Å². The Morgan fingerprint density at radius 3 is 2.85 bits per heavy atom. The van der Waals surface area contributed by atoms with Crippen LogP contribution < -0.4 is 10.7 Å². The van der Waals surface area contributed by atoms with Gasteiger partial charge >= 0.3 is 0 Å².